The minimum atomic E-state index is -0.818. The average molecular weight is 241 g/mol. The lowest BCUT2D eigenvalue weighted by Gasteiger charge is -2.31. The fraction of sp³-hybridized carbons (Fsp3) is 0.462. The van der Waals surface area contributed by atoms with E-state index in [9.17, 15) is 13.6 Å². The normalized spacial score (nSPS) is 11.1. The van der Waals surface area contributed by atoms with Crippen LogP contribution in [0.4, 0.5) is 8.78 Å². The molecule has 0 N–H and O–H groups in total. The standard InChI is InChI=1S/C13H17F2NO/c1-8(2)16(9(3)4)13(17)12-10(14)6-5-7-11(12)15/h5-9H,1-4H3. The predicted octanol–water partition coefficient (Wildman–Crippen LogP) is 3.22. The number of rotatable bonds is 3. The van der Waals surface area contributed by atoms with Gasteiger partial charge in [0, 0.05) is 12.1 Å². The third-order valence-corrected chi connectivity index (χ3v) is 2.52. The lowest BCUT2D eigenvalue weighted by atomic mass is 10.1. The molecular weight excluding hydrogens is 224 g/mol. The largest absolute Gasteiger partial charge is 0.334 e. The van der Waals surface area contributed by atoms with Crippen molar-refractivity contribution < 1.29 is 13.6 Å². The van der Waals surface area contributed by atoms with Crippen molar-refractivity contribution in [3.63, 3.8) is 0 Å². The third-order valence-electron chi connectivity index (χ3n) is 2.52. The Balaban J connectivity index is 3.19. The molecule has 0 bridgehead atoms. The molecule has 0 fully saturated rings. The van der Waals surface area contributed by atoms with Gasteiger partial charge in [0.15, 0.2) is 0 Å². The number of carbonyl (C=O) groups is 1. The van der Waals surface area contributed by atoms with E-state index in [0.717, 1.165) is 12.1 Å². The van der Waals surface area contributed by atoms with Crippen molar-refractivity contribution in [2.45, 2.75) is 39.8 Å². The zero-order valence-corrected chi connectivity index (χ0v) is 10.5. The molecule has 0 aromatic heterocycles. The Kier molecular flexibility index (Phi) is 4.21. The molecule has 0 heterocycles. The fourth-order valence-corrected chi connectivity index (χ4v) is 1.90. The van der Waals surface area contributed by atoms with Gasteiger partial charge in [-0.3, -0.25) is 4.79 Å². The second-order valence-corrected chi connectivity index (χ2v) is 4.50. The number of benzene rings is 1. The molecule has 0 spiro atoms. The van der Waals surface area contributed by atoms with Crippen LogP contribution >= 0.6 is 0 Å². The van der Waals surface area contributed by atoms with E-state index in [1.165, 1.54) is 11.0 Å². The molecule has 0 atom stereocenters. The van der Waals surface area contributed by atoms with Crippen molar-refractivity contribution in [2.75, 3.05) is 0 Å². The Morgan fingerprint density at radius 1 is 1.06 bits per heavy atom. The number of halogens is 2. The predicted molar refractivity (Wildman–Crippen MR) is 62.8 cm³/mol. The molecule has 0 unspecified atom stereocenters. The topological polar surface area (TPSA) is 20.3 Å². The first-order chi connectivity index (χ1) is 7.86. The van der Waals surface area contributed by atoms with Gasteiger partial charge in [0.05, 0.1) is 0 Å². The summed E-state index contributed by atoms with van der Waals surface area (Å²) in [4.78, 5) is 13.6. The van der Waals surface area contributed by atoms with Crippen LogP contribution in [0, 0.1) is 11.6 Å². The molecule has 0 aliphatic carbocycles. The minimum Gasteiger partial charge on any atom is -0.334 e. The van der Waals surface area contributed by atoms with Gasteiger partial charge in [-0.05, 0) is 39.8 Å². The van der Waals surface area contributed by atoms with Crippen molar-refractivity contribution in [3.8, 4) is 0 Å². The van der Waals surface area contributed by atoms with Crippen LogP contribution < -0.4 is 0 Å². The van der Waals surface area contributed by atoms with Gasteiger partial charge >= 0.3 is 0 Å². The van der Waals surface area contributed by atoms with Gasteiger partial charge < -0.3 is 4.90 Å². The van der Waals surface area contributed by atoms with E-state index in [1.807, 2.05) is 27.7 Å². The maximum atomic E-state index is 13.5. The average Bonchev–Trinajstić information content (AvgIpc) is 2.15. The fourth-order valence-electron chi connectivity index (χ4n) is 1.90. The zero-order valence-electron chi connectivity index (χ0n) is 10.5. The van der Waals surface area contributed by atoms with Crippen molar-refractivity contribution in [1.29, 1.82) is 0 Å². The molecule has 0 saturated carbocycles. The van der Waals surface area contributed by atoms with Gasteiger partial charge in [0.2, 0.25) is 0 Å². The van der Waals surface area contributed by atoms with E-state index in [-0.39, 0.29) is 12.1 Å². The summed E-state index contributed by atoms with van der Waals surface area (Å²) in [6.45, 7) is 7.26. The Bertz CT molecular complexity index is 388. The summed E-state index contributed by atoms with van der Waals surface area (Å²) in [5.41, 5.74) is -0.477. The van der Waals surface area contributed by atoms with E-state index in [4.69, 9.17) is 0 Å². The first-order valence-electron chi connectivity index (χ1n) is 5.63. The van der Waals surface area contributed by atoms with Gasteiger partial charge in [-0.2, -0.15) is 0 Å². The lowest BCUT2D eigenvalue weighted by molar-refractivity contribution is 0.0633. The quantitative estimate of drug-likeness (QED) is 0.795. The van der Waals surface area contributed by atoms with Gasteiger partial charge in [-0.15, -0.1) is 0 Å². The first kappa shape index (κ1) is 13.6. The summed E-state index contributed by atoms with van der Waals surface area (Å²) >= 11 is 0. The summed E-state index contributed by atoms with van der Waals surface area (Å²) in [7, 11) is 0. The molecule has 0 saturated heterocycles. The van der Waals surface area contributed by atoms with Crippen molar-refractivity contribution >= 4 is 5.91 Å². The minimum absolute atomic E-state index is 0.110. The Hall–Kier alpha value is -1.45. The highest BCUT2D eigenvalue weighted by molar-refractivity contribution is 5.95. The smallest absolute Gasteiger partial charge is 0.260 e. The molecule has 17 heavy (non-hydrogen) atoms. The molecule has 0 radical (unpaired) electrons. The SMILES string of the molecule is CC(C)N(C(=O)c1c(F)cccc1F)C(C)C. The molecule has 1 aromatic carbocycles. The van der Waals surface area contributed by atoms with Gasteiger partial charge in [0.1, 0.15) is 17.2 Å². The molecule has 0 aliphatic heterocycles. The van der Waals surface area contributed by atoms with Crippen LogP contribution in [0.3, 0.4) is 0 Å². The summed E-state index contributed by atoms with van der Waals surface area (Å²) in [5, 5.41) is 0. The number of hydrogen-bond acceptors (Lipinski definition) is 1. The van der Waals surface area contributed by atoms with Crippen LogP contribution in [0.1, 0.15) is 38.1 Å². The molecule has 2 nitrogen and oxygen atoms in total. The van der Waals surface area contributed by atoms with Crippen LogP contribution in [0.5, 0.6) is 0 Å². The molecule has 1 rings (SSSR count). The summed E-state index contributed by atoms with van der Waals surface area (Å²) in [6.07, 6.45) is 0. The summed E-state index contributed by atoms with van der Waals surface area (Å²) in [5.74, 6) is -2.24. The molecular formula is C13H17F2NO. The molecule has 1 aromatic rings. The van der Waals surface area contributed by atoms with E-state index < -0.39 is 23.1 Å². The summed E-state index contributed by atoms with van der Waals surface area (Å²) < 4.78 is 27.0. The number of hydrogen-bond donors (Lipinski definition) is 0. The van der Waals surface area contributed by atoms with Gasteiger partial charge in [-0.1, -0.05) is 6.07 Å². The van der Waals surface area contributed by atoms with Crippen molar-refractivity contribution in [1.82, 2.24) is 4.90 Å². The second-order valence-electron chi connectivity index (χ2n) is 4.50. The Labute approximate surface area is 100 Å². The number of carbonyl (C=O) groups excluding carboxylic acids is 1. The Morgan fingerprint density at radius 3 is 1.82 bits per heavy atom. The highest BCUT2D eigenvalue weighted by Gasteiger charge is 2.26. The molecule has 94 valence electrons. The highest BCUT2D eigenvalue weighted by atomic mass is 19.1. The monoisotopic (exact) mass is 241 g/mol. The second kappa shape index (κ2) is 5.25. The van der Waals surface area contributed by atoms with E-state index in [1.54, 1.807) is 0 Å². The Morgan fingerprint density at radius 2 is 1.47 bits per heavy atom. The highest BCUT2D eigenvalue weighted by Crippen LogP contribution is 2.18. The van der Waals surface area contributed by atoms with Gasteiger partial charge in [-0.25, -0.2) is 8.78 Å². The van der Waals surface area contributed by atoms with Crippen LogP contribution in [-0.2, 0) is 0 Å². The zero-order chi connectivity index (χ0) is 13.2. The van der Waals surface area contributed by atoms with Crippen LogP contribution in [-0.4, -0.2) is 22.9 Å². The molecule has 0 aliphatic rings. The van der Waals surface area contributed by atoms with Crippen LogP contribution in [0.15, 0.2) is 18.2 Å². The lowest BCUT2D eigenvalue weighted by Crippen LogP contribution is -2.42. The van der Waals surface area contributed by atoms with E-state index in [0.29, 0.717) is 0 Å². The van der Waals surface area contributed by atoms with Crippen LogP contribution in [0.25, 0.3) is 0 Å². The number of amides is 1. The van der Waals surface area contributed by atoms with Crippen molar-refractivity contribution in [3.05, 3.63) is 35.4 Å². The molecule has 1 amide bonds. The van der Waals surface area contributed by atoms with Gasteiger partial charge in [0.25, 0.3) is 5.91 Å². The maximum Gasteiger partial charge on any atom is 0.260 e. The molecule has 4 heteroatoms. The van der Waals surface area contributed by atoms with Crippen molar-refractivity contribution in [2.24, 2.45) is 0 Å². The maximum absolute atomic E-state index is 13.5. The van der Waals surface area contributed by atoms with E-state index in [2.05, 4.69) is 0 Å². The van der Waals surface area contributed by atoms with Crippen LogP contribution in [0.2, 0.25) is 0 Å². The first-order valence-corrected chi connectivity index (χ1v) is 5.63. The van der Waals surface area contributed by atoms with E-state index >= 15 is 0 Å². The summed E-state index contributed by atoms with van der Waals surface area (Å²) in [6, 6.07) is 3.21. The third kappa shape index (κ3) is 2.81. The number of nitrogens with zero attached hydrogens (tertiary/aromatic N) is 1.